The summed E-state index contributed by atoms with van der Waals surface area (Å²) >= 11 is 5.94. The molecule has 2 aromatic carbocycles. The molecule has 31 heavy (non-hydrogen) atoms. The molecule has 0 radical (unpaired) electrons. The first-order valence-corrected chi connectivity index (χ1v) is 10.4. The summed E-state index contributed by atoms with van der Waals surface area (Å²) in [7, 11) is 0. The molecule has 1 aliphatic rings. The molecule has 1 amide bonds. The molecule has 156 valence electrons. The molecule has 0 N–H and O–H groups in total. The summed E-state index contributed by atoms with van der Waals surface area (Å²) in [5.41, 5.74) is 1.91. The third-order valence-electron chi connectivity index (χ3n) is 5.13. The van der Waals surface area contributed by atoms with Gasteiger partial charge in [0.2, 0.25) is 17.7 Å². The Morgan fingerprint density at radius 3 is 2.42 bits per heavy atom. The molecule has 7 nitrogen and oxygen atoms in total. The van der Waals surface area contributed by atoms with Crippen LogP contribution >= 0.6 is 11.6 Å². The summed E-state index contributed by atoms with van der Waals surface area (Å²) in [5, 5.41) is 8.87. The summed E-state index contributed by atoms with van der Waals surface area (Å²) in [5.74, 6) is 1.48. The summed E-state index contributed by atoms with van der Waals surface area (Å²) in [6, 6.07) is 16.8. The smallest absolute Gasteiger partial charge is 0.276 e. The molecule has 2 aromatic heterocycles. The van der Waals surface area contributed by atoms with Gasteiger partial charge in [0.15, 0.2) is 5.69 Å². The number of aromatic nitrogens is 3. The fraction of sp³-hybridized carbons (Fsp3) is 0.217. The van der Waals surface area contributed by atoms with Crippen molar-refractivity contribution < 1.29 is 13.6 Å². The van der Waals surface area contributed by atoms with Crippen molar-refractivity contribution in [3.05, 3.63) is 77.0 Å². The van der Waals surface area contributed by atoms with Crippen LogP contribution in [0.3, 0.4) is 0 Å². The quantitative estimate of drug-likeness (QED) is 0.416. The minimum Gasteiger partial charge on any atom is -0.441 e. The molecule has 0 saturated heterocycles. The Bertz CT molecular complexity index is 1210. The van der Waals surface area contributed by atoms with E-state index < -0.39 is 0 Å². The standard InChI is InChI=1S/C23H19ClN4O3/c1-14-20(25-21(30-14)15-5-3-2-4-6-15)23(29)28(18-11-12-18)13-19-26-27-22(31-19)16-7-9-17(24)10-8-16/h2-10,18H,11-13H2,1H3. The van der Waals surface area contributed by atoms with Crippen molar-refractivity contribution in [2.45, 2.75) is 32.4 Å². The van der Waals surface area contributed by atoms with Crippen molar-refractivity contribution in [2.75, 3.05) is 0 Å². The second-order valence-corrected chi connectivity index (χ2v) is 7.90. The molecule has 0 unspecified atom stereocenters. The number of hydrogen-bond donors (Lipinski definition) is 0. The first-order chi connectivity index (χ1) is 15.1. The van der Waals surface area contributed by atoms with Crippen LogP contribution in [0.15, 0.2) is 63.4 Å². The molecule has 0 aliphatic heterocycles. The molecule has 0 spiro atoms. The second-order valence-electron chi connectivity index (χ2n) is 7.46. The topological polar surface area (TPSA) is 85.3 Å². The number of nitrogens with zero attached hydrogens (tertiary/aromatic N) is 4. The molecule has 1 saturated carbocycles. The Labute approximate surface area is 183 Å². The Kier molecular flexibility index (Phi) is 5.03. The summed E-state index contributed by atoms with van der Waals surface area (Å²) in [6.45, 7) is 1.97. The molecule has 1 aliphatic carbocycles. The lowest BCUT2D eigenvalue weighted by atomic mass is 10.2. The van der Waals surface area contributed by atoms with E-state index >= 15 is 0 Å². The van der Waals surface area contributed by atoms with E-state index in [9.17, 15) is 4.79 Å². The molecule has 8 heteroatoms. The molecule has 4 aromatic rings. The fourth-order valence-corrected chi connectivity index (χ4v) is 3.49. The number of halogens is 1. The van der Waals surface area contributed by atoms with Crippen LogP contribution < -0.4 is 0 Å². The highest BCUT2D eigenvalue weighted by molar-refractivity contribution is 6.30. The van der Waals surface area contributed by atoms with E-state index in [2.05, 4.69) is 15.2 Å². The average molecular weight is 435 g/mol. The van der Waals surface area contributed by atoms with Crippen LogP contribution in [0.5, 0.6) is 0 Å². The normalized spacial score (nSPS) is 13.4. The van der Waals surface area contributed by atoms with E-state index in [1.54, 1.807) is 24.0 Å². The molecule has 2 heterocycles. The molecule has 5 rings (SSSR count). The van der Waals surface area contributed by atoms with Crippen molar-refractivity contribution >= 4 is 17.5 Å². The van der Waals surface area contributed by atoms with Gasteiger partial charge in [-0.1, -0.05) is 29.8 Å². The van der Waals surface area contributed by atoms with Gasteiger partial charge in [-0.2, -0.15) is 0 Å². The van der Waals surface area contributed by atoms with Crippen LogP contribution in [-0.2, 0) is 6.54 Å². The van der Waals surface area contributed by atoms with Gasteiger partial charge in [-0.05, 0) is 56.2 Å². The zero-order valence-electron chi connectivity index (χ0n) is 16.8. The number of oxazole rings is 1. The lowest BCUT2D eigenvalue weighted by Crippen LogP contribution is -2.33. The first kappa shape index (κ1) is 19.5. The van der Waals surface area contributed by atoms with Gasteiger partial charge in [0.1, 0.15) is 5.76 Å². The van der Waals surface area contributed by atoms with E-state index in [1.165, 1.54) is 0 Å². The summed E-state index contributed by atoms with van der Waals surface area (Å²) < 4.78 is 11.6. The van der Waals surface area contributed by atoms with E-state index in [-0.39, 0.29) is 18.5 Å². The zero-order valence-corrected chi connectivity index (χ0v) is 17.5. The number of rotatable bonds is 6. The van der Waals surface area contributed by atoms with Gasteiger partial charge in [-0.3, -0.25) is 4.79 Å². The lowest BCUT2D eigenvalue weighted by molar-refractivity contribution is 0.0707. The van der Waals surface area contributed by atoms with Crippen molar-refractivity contribution in [2.24, 2.45) is 0 Å². The second kappa shape index (κ2) is 8.00. The van der Waals surface area contributed by atoms with E-state index in [0.29, 0.717) is 34.1 Å². The van der Waals surface area contributed by atoms with Crippen LogP contribution in [0.4, 0.5) is 0 Å². The fourth-order valence-electron chi connectivity index (χ4n) is 3.36. The van der Waals surface area contributed by atoms with Gasteiger partial charge in [-0.15, -0.1) is 10.2 Å². The van der Waals surface area contributed by atoms with Gasteiger partial charge in [0, 0.05) is 22.2 Å². The Morgan fingerprint density at radius 2 is 1.71 bits per heavy atom. The van der Waals surface area contributed by atoms with E-state index in [0.717, 1.165) is 24.0 Å². The maximum atomic E-state index is 13.3. The average Bonchev–Trinajstić information content (AvgIpc) is 3.39. The van der Waals surface area contributed by atoms with Gasteiger partial charge in [0.25, 0.3) is 5.91 Å². The molecule has 0 atom stereocenters. The van der Waals surface area contributed by atoms with Gasteiger partial charge in [-0.25, -0.2) is 4.98 Å². The molecule has 1 fully saturated rings. The predicted molar refractivity (Wildman–Crippen MR) is 114 cm³/mol. The van der Waals surface area contributed by atoms with E-state index in [1.807, 2.05) is 42.5 Å². The van der Waals surface area contributed by atoms with Crippen molar-refractivity contribution in [3.63, 3.8) is 0 Å². The largest absolute Gasteiger partial charge is 0.441 e. The molecular weight excluding hydrogens is 416 g/mol. The van der Waals surface area contributed by atoms with Crippen LogP contribution in [0.1, 0.15) is 35.0 Å². The van der Waals surface area contributed by atoms with Gasteiger partial charge in [0.05, 0.1) is 6.54 Å². The maximum absolute atomic E-state index is 13.3. The monoisotopic (exact) mass is 434 g/mol. The van der Waals surface area contributed by atoms with E-state index in [4.69, 9.17) is 20.4 Å². The van der Waals surface area contributed by atoms with Crippen molar-refractivity contribution in [3.8, 4) is 22.9 Å². The van der Waals surface area contributed by atoms with Gasteiger partial charge >= 0.3 is 0 Å². The number of aryl methyl sites for hydroxylation is 1. The summed E-state index contributed by atoms with van der Waals surface area (Å²) in [6.07, 6.45) is 1.87. The zero-order chi connectivity index (χ0) is 21.4. The SMILES string of the molecule is Cc1oc(-c2ccccc2)nc1C(=O)N(Cc1nnc(-c2ccc(Cl)cc2)o1)C1CC1. The van der Waals surface area contributed by atoms with Crippen LogP contribution in [0.2, 0.25) is 5.02 Å². The number of benzene rings is 2. The van der Waals surface area contributed by atoms with Crippen LogP contribution in [-0.4, -0.2) is 32.0 Å². The Hall–Kier alpha value is -3.45. The number of carbonyl (C=O) groups is 1. The highest BCUT2D eigenvalue weighted by Crippen LogP contribution is 2.31. The Morgan fingerprint density at radius 1 is 1.00 bits per heavy atom. The highest BCUT2D eigenvalue weighted by Gasteiger charge is 2.36. The minimum absolute atomic E-state index is 0.134. The molecule has 0 bridgehead atoms. The van der Waals surface area contributed by atoms with Crippen LogP contribution in [0.25, 0.3) is 22.9 Å². The third kappa shape index (κ3) is 4.09. The highest BCUT2D eigenvalue weighted by atomic mass is 35.5. The first-order valence-electron chi connectivity index (χ1n) is 10.0. The van der Waals surface area contributed by atoms with Crippen LogP contribution in [0, 0.1) is 6.92 Å². The number of carbonyl (C=O) groups excluding carboxylic acids is 1. The maximum Gasteiger partial charge on any atom is 0.276 e. The molecular formula is C23H19ClN4O3. The number of amides is 1. The predicted octanol–water partition coefficient (Wildman–Crippen LogP) is 5.16. The van der Waals surface area contributed by atoms with Crippen molar-refractivity contribution in [1.82, 2.24) is 20.1 Å². The Balaban J connectivity index is 1.38. The summed E-state index contributed by atoms with van der Waals surface area (Å²) in [4.78, 5) is 19.5. The number of hydrogen-bond acceptors (Lipinski definition) is 6. The minimum atomic E-state index is -0.197. The van der Waals surface area contributed by atoms with Crippen molar-refractivity contribution in [1.29, 1.82) is 0 Å². The lowest BCUT2D eigenvalue weighted by Gasteiger charge is -2.19. The van der Waals surface area contributed by atoms with Gasteiger partial charge < -0.3 is 13.7 Å². The third-order valence-corrected chi connectivity index (χ3v) is 5.38.